The molecule has 1 saturated heterocycles. The average Bonchev–Trinajstić information content (AvgIpc) is 3.61. The molecule has 2 aromatic rings. The van der Waals surface area contributed by atoms with E-state index in [1.165, 1.54) is 37.1 Å². The first kappa shape index (κ1) is 17.4. The Morgan fingerprint density at radius 1 is 1.07 bits per heavy atom. The lowest BCUT2D eigenvalue weighted by Crippen LogP contribution is -2.48. The SMILES string of the molecule is CC(=C1C(=O)CN2c3ccccc3N(C(C3CC3)C3CC3)C12)c1cc(C)oc1C. The van der Waals surface area contributed by atoms with Gasteiger partial charge in [-0.2, -0.15) is 0 Å². The number of hydrogen-bond donors (Lipinski definition) is 0. The van der Waals surface area contributed by atoms with Crippen molar-refractivity contribution in [3.63, 3.8) is 0 Å². The molecule has 2 aliphatic heterocycles. The van der Waals surface area contributed by atoms with Gasteiger partial charge in [0.1, 0.15) is 17.7 Å². The lowest BCUT2D eigenvalue weighted by Gasteiger charge is -2.36. The molecular formula is C25H28N2O2. The van der Waals surface area contributed by atoms with E-state index in [2.05, 4.69) is 47.1 Å². The molecule has 0 amide bonds. The predicted octanol–water partition coefficient (Wildman–Crippen LogP) is 5.09. The molecule has 1 atom stereocenters. The highest BCUT2D eigenvalue weighted by Crippen LogP contribution is 2.55. The van der Waals surface area contributed by atoms with Gasteiger partial charge in [-0.3, -0.25) is 4.79 Å². The van der Waals surface area contributed by atoms with Crippen molar-refractivity contribution in [3.05, 3.63) is 53.0 Å². The number of hydrogen-bond acceptors (Lipinski definition) is 4. The Labute approximate surface area is 172 Å². The van der Waals surface area contributed by atoms with Gasteiger partial charge < -0.3 is 14.2 Å². The maximum atomic E-state index is 13.3. The first-order valence-electron chi connectivity index (χ1n) is 11.0. The van der Waals surface area contributed by atoms with Crippen molar-refractivity contribution in [2.75, 3.05) is 16.3 Å². The number of nitrogens with zero attached hydrogens (tertiary/aromatic N) is 2. The Morgan fingerprint density at radius 2 is 1.72 bits per heavy atom. The highest BCUT2D eigenvalue weighted by atomic mass is 16.3. The zero-order chi connectivity index (χ0) is 19.9. The second kappa shape index (κ2) is 6.01. The Kier molecular flexibility index (Phi) is 3.60. The molecule has 0 radical (unpaired) electrons. The van der Waals surface area contributed by atoms with Gasteiger partial charge in [0, 0.05) is 17.2 Å². The molecule has 1 aromatic heterocycles. The van der Waals surface area contributed by atoms with Crippen LogP contribution in [0, 0.1) is 25.7 Å². The van der Waals surface area contributed by atoms with Crippen LogP contribution in [-0.2, 0) is 4.79 Å². The molecule has 150 valence electrons. The van der Waals surface area contributed by atoms with E-state index >= 15 is 0 Å². The molecule has 1 unspecified atom stereocenters. The molecule has 2 saturated carbocycles. The summed E-state index contributed by atoms with van der Waals surface area (Å²) in [4.78, 5) is 18.3. The summed E-state index contributed by atoms with van der Waals surface area (Å²) in [5.74, 6) is 3.63. The van der Waals surface area contributed by atoms with Crippen LogP contribution < -0.4 is 9.80 Å². The number of Topliss-reactive ketones (excluding diaryl/α,β-unsaturated/α-hetero) is 1. The minimum Gasteiger partial charge on any atom is -0.466 e. The van der Waals surface area contributed by atoms with E-state index in [-0.39, 0.29) is 11.9 Å². The molecule has 29 heavy (non-hydrogen) atoms. The topological polar surface area (TPSA) is 36.7 Å². The van der Waals surface area contributed by atoms with Gasteiger partial charge in [0.05, 0.1) is 17.9 Å². The minimum atomic E-state index is 0.0284. The number of aryl methyl sites for hydroxylation is 2. The molecule has 3 heterocycles. The fourth-order valence-electron chi connectivity index (χ4n) is 5.78. The van der Waals surface area contributed by atoms with Crippen LogP contribution in [0.15, 0.2) is 40.3 Å². The van der Waals surface area contributed by atoms with Gasteiger partial charge in [0.15, 0.2) is 5.78 Å². The zero-order valence-electron chi connectivity index (χ0n) is 17.4. The van der Waals surface area contributed by atoms with Crippen LogP contribution in [0.4, 0.5) is 11.4 Å². The molecule has 0 N–H and O–H groups in total. The maximum absolute atomic E-state index is 13.3. The van der Waals surface area contributed by atoms with Gasteiger partial charge in [0.25, 0.3) is 0 Å². The summed E-state index contributed by atoms with van der Waals surface area (Å²) in [5.41, 5.74) is 5.67. The fourth-order valence-corrected chi connectivity index (χ4v) is 5.78. The summed E-state index contributed by atoms with van der Waals surface area (Å²) in [6, 6.07) is 11.3. The van der Waals surface area contributed by atoms with Crippen LogP contribution in [0.5, 0.6) is 0 Å². The number of rotatable bonds is 4. The predicted molar refractivity (Wildman–Crippen MR) is 115 cm³/mol. The average molecular weight is 389 g/mol. The van der Waals surface area contributed by atoms with Crippen LogP contribution in [0.3, 0.4) is 0 Å². The summed E-state index contributed by atoms with van der Waals surface area (Å²) in [5, 5.41) is 0. The second-order valence-corrected chi connectivity index (χ2v) is 9.35. The zero-order valence-corrected chi connectivity index (χ0v) is 17.4. The monoisotopic (exact) mass is 388 g/mol. The summed E-state index contributed by atoms with van der Waals surface area (Å²) in [6.07, 6.45) is 5.36. The van der Waals surface area contributed by atoms with E-state index in [0.29, 0.717) is 12.6 Å². The Bertz CT molecular complexity index is 1030. The number of para-hydroxylation sites is 2. The molecular weight excluding hydrogens is 360 g/mol. The van der Waals surface area contributed by atoms with Gasteiger partial charge in [0.2, 0.25) is 0 Å². The third-order valence-electron chi connectivity index (χ3n) is 7.28. The molecule has 0 spiro atoms. The van der Waals surface area contributed by atoms with Crippen molar-refractivity contribution in [2.45, 2.75) is 58.7 Å². The molecule has 6 rings (SSSR count). The number of fused-ring (bicyclic) bond motifs is 3. The van der Waals surface area contributed by atoms with Gasteiger partial charge in [-0.25, -0.2) is 0 Å². The lowest BCUT2D eigenvalue weighted by atomic mass is 9.96. The van der Waals surface area contributed by atoms with Gasteiger partial charge in [-0.05, 0) is 82.1 Å². The van der Waals surface area contributed by atoms with Crippen molar-refractivity contribution in [3.8, 4) is 0 Å². The van der Waals surface area contributed by atoms with Crippen LogP contribution in [-0.4, -0.2) is 24.5 Å². The molecule has 2 aliphatic carbocycles. The van der Waals surface area contributed by atoms with Crippen LogP contribution >= 0.6 is 0 Å². The van der Waals surface area contributed by atoms with Crippen molar-refractivity contribution < 1.29 is 9.21 Å². The summed E-state index contributed by atoms with van der Waals surface area (Å²) >= 11 is 0. The lowest BCUT2D eigenvalue weighted by molar-refractivity contribution is -0.113. The third kappa shape index (κ3) is 2.54. The van der Waals surface area contributed by atoms with Crippen molar-refractivity contribution in [1.82, 2.24) is 0 Å². The van der Waals surface area contributed by atoms with Gasteiger partial charge >= 0.3 is 0 Å². The first-order valence-corrected chi connectivity index (χ1v) is 11.0. The van der Waals surface area contributed by atoms with E-state index in [1.807, 2.05) is 13.8 Å². The molecule has 4 nitrogen and oxygen atoms in total. The molecule has 3 fully saturated rings. The smallest absolute Gasteiger partial charge is 0.182 e. The van der Waals surface area contributed by atoms with E-state index in [0.717, 1.165) is 40.1 Å². The molecule has 1 aromatic carbocycles. The van der Waals surface area contributed by atoms with Crippen molar-refractivity contribution in [2.24, 2.45) is 11.8 Å². The van der Waals surface area contributed by atoms with Crippen molar-refractivity contribution >= 4 is 22.7 Å². The number of carbonyl (C=O) groups excluding carboxylic acids is 1. The van der Waals surface area contributed by atoms with E-state index in [1.54, 1.807) is 0 Å². The molecule has 4 aliphatic rings. The van der Waals surface area contributed by atoms with E-state index in [4.69, 9.17) is 4.42 Å². The van der Waals surface area contributed by atoms with Crippen molar-refractivity contribution in [1.29, 1.82) is 0 Å². The standard InChI is InChI=1S/C25H28N2O2/c1-14-12-19(16(3)29-14)15(2)23-22(28)13-26-20-6-4-5-7-21(20)27(25(23)26)24(17-8-9-17)18-10-11-18/h4-7,12,17-18,24-25H,8-11,13H2,1-3H3. The quantitative estimate of drug-likeness (QED) is 0.683. The highest BCUT2D eigenvalue weighted by molar-refractivity contribution is 6.12. The number of ketones is 1. The number of allylic oxidation sites excluding steroid dienone is 1. The highest BCUT2D eigenvalue weighted by Gasteiger charge is 2.54. The third-order valence-corrected chi connectivity index (χ3v) is 7.28. The largest absolute Gasteiger partial charge is 0.466 e. The summed E-state index contributed by atoms with van der Waals surface area (Å²) in [7, 11) is 0. The Hall–Kier alpha value is -2.49. The van der Waals surface area contributed by atoms with Gasteiger partial charge in [-0.1, -0.05) is 12.1 Å². The van der Waals surface area contributed by atoms with Crippen LogP contribution in [0.1, 0.15) is 49.7 Å². The normalized spacial score (nSPS) is 25.1. The first-order chi connectivity index (χ1) is 14.0. The second-order valence-electron chi connectivity index (χ2n) is 9.35. The van der Waals surface area contributed by atoms with Crippen LogP contribution in [0.2, 0.25) is 0 Å². The number of furan rings is 1. The fraction of sp³-hybridized carbons (Fsp3) is 0.480. The van der Waals surface area contributed by atoms with Gasteiger partial charge in [-0.15, -0.1) is 0 Å². The molecule has 4 heteroatoms. The number of benzene rings is 1. The van der Waals surface area contributed by atoms with E-state index in [9.17, 15) is 4.79 Å². The number of anilines is 2. The van der Waals surface area contributed by atoms with E-state index < -0.39 is 0 Å². The Morgan fingerprint density at radius 3 is 2.31 bits per heavy atom. The molecule has 0 bridgehead atoms. The number of carbonyl (C=O) groups is 1. The summed E-state index contributed by atoms with van der Waals surface area (Å²) < 4.78 is 5.80. The minimum absolute atomic E-state index is 0.0284. The summed E-state index contributed by atoms with van der Waals surface area (Å²) in [6.45, 7) is 6.56. The van der Waals surface area contributed by atoms with Crippen LogP contribution in [0.25, 0.3) is 5.57 Å². The maximum Gasteiger partial charge on any atom is 0.182 e. The Balaban J connectivity index is 1.53.